The van der Waals surface area contributed by atoms with E-state index in [0.29, 0.717) is 37.6 Å². The van der Waals surface area contributed by atoms with E-state index in [1.54, 1.807) is 19.4 Å². The Balaban J connectivity index is 1.78. The van der Waals surface area contributed by atoms with E-state index in [1.165, 1.54) is 0 Å². The van der Waals surface area contributed by atoms with Crippen LogP contribution >= 0.6 is 0 Å². The first-order chi connectivity index (χ1) is 12.2. The zero-order valence-corrected chi connectivity index (χ0v) is 14.6. The van der Waals surface area contributed by atoms with Crippen molar-refractivity contribution in [1.29, 1.82) is 0 Å². The highest BCUT2D eigenvalue weighted by atomic mass is 16.5. The number of methoxy groups -OCH3 is 1. The molecule has 1 aliphatic rings. The van der Waals surface area contributed by atoms with E-state index in [4.69, 9.17) is 9.47 Å². The second-order valence-corrected chi connectivity index (χ2v) is 5.98. The molecular weight excluding hydrogens is 320 g/mol. The van der Waals surface area contributed by atoms with Crippen LogP contribution in [-0.2, 0) is 11.8 Å². The molecule has 0 bridgehead atoms. The summed E-state index contributed by atoms with van der Waals surface area (Å²) < 4.78 is 12.6. The topological polar surface area (TPSA) is 68.6 Å². The van der Waals surface area contributed by atoms with Crippen molar-refractivity contribution in [2.24, 2.45) is 7.05 Å². The Morgan fingerprint density at radius 1 is 1.40 bits per heavy atom. The zero-order chi connectivity index (χ0) is 17.6. The molecule has 0 saturated carbocycles. The molecule has 1 atom stereocenters. The van der Waals surface area contributed by atoms with Crippen LogP contribution in [0, 0.1) is 0 Å². The average Bonchev–Trinajstić information content (AvgIpc) is 3.07. The maximum Gasteiger partial charge on any atom is 0.254 e. The Labute approximate surface area is 147 Å². The Bertz CT molecular complexity index is 716. The van der Waals surface area contributed by atoms with Gasteiger partial charge in [0, 0.05) is 51.7 Å². The average molecular weight is 344 g/mol. The predicted molar refractivity (Wildman–Crippen MR) is 93.7 cm³/mol. The zero-order valence-electron chi connectivity index (χ0n) is 14.6. The summed E-state index contributed by atoms with van der Waals surface area (Å²) in [5, 5.41) is 3.35. The third-order valence-electron chi connectivity index (χ3n) is 4.30. The molecule has 3 rings (SSSR count). The summed E-state index contributed by atoms with van der Waals surface area (Å²) in [6, 6.07) is 7.21. The second kappa shape index (κ2) is 8.13. The fourth-order valence-corrected chi connectivity index (χ4v) is 3.00. The van der Waals surface area contributed by atoms with E-state index in [2.05, 4.69) is 10.3 Å². The Morgan fingerprint density at radius 2 is 2.28 bits per heavy atom. The molecule has 0 aliphatic carbocycles. The van der Waals surface area contributed by atoms with Gasteiger partial charge in [0.15, 0.2) is 0 Å². The maximum absolute atomic E-state index is 13.1. The van der Waals surface area contributed by atoms with E-state index >= 15 is 0 Å². The number of piperazine rings is 1. The maximum atomic E-state index is 13.1. The minimum atomic E-state index is -0.0840. The third-order valence-corrected chi connectivity index (χ3v) is 4.30. The molecule has 1 fully saturated rings. The van der Waals surface area contributed by atoms with Crippen molar-refractivity contribution < 1.29 is 14.3 Å². The SMILES string of the molecule is COCCOc1cccc(C(=O)N2CCNCC2c2nccn2C)c1. The van der Waals surface area contributed by atoms with Crippen molar-refractivity contribution in [1.82, 2.24) is 19.8 Å². The first-order valence-corrected chi connectivity index (χ1v) is 8.41. The van der Waals surface area contributed by atoms with Gasteiger partial charge in [-0.15, -0.1) is 0 Å². The van der Waals surface area contributed by atoms with Crippen LogP contribution in [0.4, 0.5) is 0 Å². The van der Waals surface area contributed by atoms with Gasteiger partial charge >= 0.3 is 0 Å². The molecule has 2 heterocycles. The molecule has 1 amide bonds. The van der Waals surface area contributed by atoms with E-state index < -0.39 is 0 Å². The number of nitrogens with zero attached hydrogens (tertiary/aromatic N) is 3. The summed E-state index contributed by atoms with van der Waals surface area (Å²) in [6.45, 7) is 3.08. The highest BCUT2D eigenvalue weighted by Crippen LogP contribution is 2.24. The summed E-state index contributed by atoms with van der Waals surface area (Å²) in [5.41, 5.74) is 0.621. The van der Waals surface area contributed by atoms with Gasteiger partial charge in [-0.1, -0.05) is 6.07 Å². The number of hydrogen-bond donors (Lipinski definition) is 1. The predicted octanol–water partition coefficient (Wildman–Crippen LogP) is 1.23. The minimum absolute atomic E-state index is 0.00769. The summed E-state index contributed by atoms with van der Waals surface area (Å²) in [4.78, 5) is 19.4. The van der Waals surface area contributed by atoms with Crippen LogP contribution in [0.1, 0.15) is 22.2 Å². The van der Waals surface area contributed by atoms with Gasteiger partial charge in [-0.2, -0.15) is 0 Å². The van der Waals surface area contributed by atoms with Gasteiger partial charge in [0.2, 0.25) is 0 Å². The van der Waals surface area contributed by atoms with Crippen LogP contribution in [0.2, 0.25) is 0 Å². The van der Waals surface area contributed by atoms with Crippen molar-refractivity contribution in [2.75, 3.05) is 40.0 Å². The number of ether oxygens (including phenoxy) is 2. The lowest BCUT2D eigenvalue weighted by molar-refractivity contribution is 0.0620. The molecule has 7 nitrogen and oxygen atoms in total. The number of carbonyl (C=O) groups is 1. The van der Waals surface area contributed by atoms with Gasteiger partial charge < -0.3 is 24.3 Å². The molecule has 1 aromatic heterocycles. The first kappa shape index (κ1) is 17.4. The first-order valence-electron chi connectivity index (χ1n) is 8.41. The lowest BCUT2D eigenvalue weighted by Crippen LogP contribution is -2.49. The molecule has 134 valence electrons. The fraction of sp³-hybridized carbons (Fsp3) is 0.444. The number of hydrogen-bond acceptors (Lipinski definition) is 5. The number of amides is 1. The Hall–Kier alpha value is -2.38. The standard InChI is InChI=1S/C18H24N4O3/c1-21-8-7-20-17(21)16-13-19-6-9-22(16)18(23)14-4-3-5-15(12-14)25-11-10-24-2/h3-5,7-8,12,16,19H,6,9-11,13H2,1-2H3. The molecule has 7 heteroatoms. The number of rotatable bonds is 6. The van der Waals surface area contributed by atoms with Gasteiger partial charge in [0.05, 0.1) is 6.61 Å². The lowest BCUT2D eigenvalue weighted by atomic mass is 10.1. The van der Waals surface area contributed by atoms with E-state index in [-0.39, 0.29) is 11.9 Å². The quantitative estimate of drug-likeness (QED) is 0.799. The van der Waals surface area contributed by atoms with Crippen molar-refractivity contribution in [2.45, 2.75) is 6.04 Å². The van der Waals surface area contributed by atoms with Crippen LogP contribution in [-0.4, -0.2) is 60.3 Å². The summed E-state index contributed by atoms with van der Waals surface area (Å²) >= 11 is 0. The Kier molecular flexibility index (Phi) is 5.67. The molecule has 1 aromatic carbocycles. The monoisotopic (exact) mass is 344 g/mol. The molecule has 25 heavy (non-hydrogen) atoms. The third kappa shape index (κ3) is 4.00. The molecule has 0 spiro atoms. The smallest absolute Gasteiger partial charge is 0.254 e. The molecule has 1 aliphatic heterocycles. The van der Waals surface area contributed by atoms with Gasteiger partial charge in [-0.25, -0.2) is 4.98 Å². The molecule has 2 aromatic rings. The summed E-state index contributed by atoms with van der Waals surface area (Å²) in [5.74, 6) is 1.55. The minimum Gasteiger partial charge on any atom is -0.491 e. The number of aryl methyl sites for hydroxylation is 1. The van der Waals surface area contributed by atoms with Crippen molar-refractivity contribution >= 4 is 5.91 Å². The molecule has 1 saturated heterocycles. The summed E-state index contributed by atoms with van der Waals surface area (Å²) in [6.07, 6.45) is 3.66. The summed E-state index contributed by atoms with van der Waals surface area (Å²) in [7, 11) is 3.58. The van der Waals surface area contributed by atoms with Crippen LogP contribution < -0.4 is 10.1 Å². The van der Waals surface area contributed by atoms with Crippen molar-refractivity contribution in [3.05, 3.63) is 48.0 Å². The highest BCUT2D eigenvalue weighted by molar-refractivity contribution is 5.95. The second-order valence-electron chi connectivity index (χ2n) is 5.98. The lowest BCUT2D eigenvalue weighted by Gasteiger charge is -2.35. The van der Waals surface area contributed by atoms with E-state index in [9.17, 15) is 4.79 Å². The normalized spacial score (nSPS) is 17.5. The van der Waals surface area contributed by atoms with Crippen LogP contribution in [0.3, 0.4) is 0 Å². The highest BCUT2D eigenvalue weighted by Gasteiger charge is 2.31. The van der Waals surface area contributed by atoms with Crippen LogP contribution in [0.5, 0.6) is 5.75 Å². The number of imidazole rings is 1. The van der Waals surface area contributed by atoms with Crippen molar-refractivity contribution in [3.8, 4) is 5.75 Å². The molecular formula is C18H24N4O3. The molecule has 0 radical (unpaired) electrons. The Morgan fingerprint density at radius 3 is 3.04 bits per heavy atom. The number of aromatic nitrogens is 2. The molecule has 1 unspecified atom stereocenters. The number of carbonyl (C=O) groups excluding carboxylic acids is 1. The van der Waals surface area contributed by atoms with Crippen LogP contribution in [0.25, 0.3) is 0 Å². The number of benzene rings is 1. The van der Waals surface area contributed by atoms with Gasteiger partial charge in [-0.3, -0.25) is 4.79 Å². The van der Waals surface area contributed by atoms with Crippen molar-refractivity contribution in [3.63, 3.8) is 0 Å². The van der Waals surface area contributed by atoms with Gasteiger partial charge in [-0.05, 0) is 18.2 Å². The van der Waals surface area contributed by atoms with Gasteiger partial charge in [0.1, 0.15) is 24.2 Å². The van der Waals surface area contributed by atoms with Crippen LogP contribution in [0.15, 0.2) is 36.7 Å². The van der Waals surface area contributed by atoms with E-state index in [0.717, 1.165) is 12.4 Å². The van der Waals surface area contributed by atoms with E-state index in [1.807, 2.05) is 40.9 Å². The number of nitrogens with one attached hydrogen (secondary N) is 1. The molecule has 1 N–H and O–H groups in total. The largest absolute Gasteiger partial charge is 0.491 e. The fourth-order valence-electron chi connectivity index (χ4n) is 3.00. The van der Waals surface area contributed by atoms with Gasteiger partial charge in [0.25, 0.3) is 5.91 Å².